The second kappa shape index (κ2) is 6.78. The standard InChI is InChI=1S/C14H20N4OS/c1-10-5-4-6-11(7-10)20-9-12(17-15)14-13(19-3)8-16-18(14)2/h4-8,12,17H,9,15H2,1-3H3. The van der Waals surface area contributed by atoms with E-state index < -0.39 is 0 Å². The fraction of sp³-hybridized carbons (Fsp3) is 0.357. The number of thioether (sulfide) groups is 1. The van der Waals surface area contributed by atoms with Crippen LogP contribution in [0.5, 0.6) is 5.75 Å². The molecule has 108 valence electrons. The maximum atomic E-state index is 5.69. The third-order valence-corrected chi connectivity index (χ3v) is 4.19. The second-order valence-corrected chi connectivity index (χ2v) is 5.66. The van der Waals surface area contributed by atoms with E-state index in [-0.39, 0.29) is 6.04 Å². The molecule has 1 unspecified atom stereocenters. The Morgan fingerprint density at radius 2 is 2.30 bits per heavy atom. The van der Waals surface area contributed by atoms with Crippen LogP contribution in [0.25, 0.3) is 0 Å². The largest absolute Gasteiger partial charge is 0.493 e. The number of aromatic nitrogens is 2. The van der Waals surface area contributed by atoms with Crippen LogP contribution in [0, 0.1) is 6.92 Å². The van der Waals surface area contributed by atoms with Gasteiger partial charge in [0.05, 0.1) is 25.0 Å². The Balaban J connectivity index is 2.11. The summed E-state index contributed by atoms with van der Waals surface area (Å²) in [6.45, 7) is 2.09. The number of hydrazine groups is 1. The number of nitrogens with zero attached hydrogens (tertiary/aromatic N) is 2. The van der Waals surface area contributed by atoms with E-state index in [9.17, 15) is 0 Å². The predicted octanol–water partition coefficient (Wildman–Crippen LogP) is 2.03. The molecule has 1 heterocycles. The molecule has 2 rings (SSSR count). The summed E-state index contributed by atoms with van der Waals surface area (Å²) in [5.74, 6) is 7.24. The smallest absolute Gasteiger partial charge is 0.161 e. The van der Waals surface area contributed by atoms with Gasteiger partial charge in [-0.2, -0.15) is 5.10 Å². The zero-order valence-corrected chi connectivity index (χ0v) is 12.8. The lowest BCUT2D eigenvalue weighted by atomic mass is 10.2. The van der Waals surface area contributed by atoms with Crippen LogP contribution in [0.3, 0.4) is 0 Å². The molecule has 0 amide bonds. The molecule has 0 radical (unpaired) electrons. The Morgan fingerprint density at radius 1 is 1.50 bits per heavy atom. The van der Waals surface area contributed by atoms with E-state index in [1.807, 2.05) is 7.05 Å². The quantitative estimate of drug-likeness (QED) is 0.484. The molecule has 2 aromatic rings. The molecule has 0 aliphatic rings. The Hall–Kier alpha value is -1.50. The molecule has 0 aliphatic carbocycles. The molecular formula is C14H20N4OS. The SMILES string of the molecule is COc1cnn(C)c1C(CSc1cccc(C)c1)NN. The number of benzene rings is 1. The highest BCUT2D eigenvalue weighted by molar-refractivity contribution is 7.99. The average Bonchev–Trinajstić information content (AvgIpc) is 2.81. The number of hydrogen-bond acceptors (Lipinski definition) is 5. The zero-order valence-electron chi connectivity index (χ0n) is 12.0. The van der Waals surface area contributed by atoms with Crippen LogP contribution in [-0.2, 0) is 7.05 Å². The summed E-state index contributed by atoms with van der Waals surface area (Å²) in [6.07, 6.45) is 1.71. The van der Waals surface area contributed by atoms with E-state index in [4.69, 9.17) is 10.6 Å². The lowest BCUT2D eigenvalue weighted by Gasteiger charge is -2.17. The van der Waals surface area contributed by atoms with Crippen LogP contribution in [0.4, 0.5) is 0 Å². The number of rotatable bonds is 6. The van der Waals surface area contributed by atoms with Gasteiger partial charge in [-0.05, 0) is 19.1 Å². The molecule has 0 bridgehead atoms. The fourth-order valence-corrected chi connectivity index (χ4v) is 3.13. The number of methoxy groups -OCH3 is 1. The summed E-state index contributed by atoms with van der Waals surface area (Å²) in [6, 6.07) is 8.40. The number of ether oxygens (including phenoxy) is 1. The minimum absolute atomic E-state index is 0.0250. The maximum Gasteiger partial charge on any atom is 0.161 e. The van der Waals surface area contributed by atoms with Crippen molar-refractivity contribution in [3.8, 4) is 5.75 Å². The molecule has 0 saturated heterocycles. The van der Waals surface area contributed by atoms with Crippen molar-refractivity contribution in [2.24, 2.45) is 12.9 Å². The molecule has 1 atom stereocenters. The molecule has 0 fully saturated rings. The first-order valence-corrected chi connectivity index (χ1v) is 7.35. The van der Waals surface area contributed by atoms with Crippen LogP contribution in [0.15, 0.2) is 35.4 Å². The molecule has 6 heteroatoms. The Morgan fingerprint density at radius 3 is 2.95 bits per heavy atom. The molecular weight excluding hydrogens is 272 g/mol. The van der Waals surface area contributed by atoms with Gasteiger partial charge in [-0.3, -0.25) is 16.0 Å². The van der Waals surface area contributed by atoms with Crippen molar-refractivity contribution in [3.63, 3.8) is 0 Å². The van der Waals surface area contributed by atoms with Gasteiger partial charge in [0.1, 0.15) is 0 Å². The Bertz CT molecular complexity index is 570. The Kier molecular flexibility index (Phi) is 5.05. The van der Waals surface area contributed by atoms with Crippen molar-refractivity contribution >= 4 is 11.8 Å². The van der Waals surface area contributed by atoms with Crippen molar-refractivity contribution in [2.75, 3.05) is 12.9 Å². The molecule has 0 saturated carbocycles. The molecule has 3 N–H and O–H groups in total. The van der Waals surface area contributed by atoms with Gasteiger partial charge in [0.2, 0.25) is 0 Å². The highest BCUT2D eigenvalue weighted by Crippen LogP contribution is 2.29. The van der Waals surface area contributed by atoms with E-state index in [2.05, 4.69) is 41.7 Å². The maximum absolute atomic E-state index is 5.69. The lowest BCUT2D eigenvalue weighted by Crippen LogP contribution is -2.31. The summed E-state index contributed by atoms with van der Waals surface area (Å²) in [7, 11) is 3.53. The number of nitrogens with two attached hydrogens (primary N) is 1. The molecule has 1 aromatic carbocycles. The van der Waals surface area contributed by atoms with Crippen LogP contribution in [0.2, 0.25) is 0 Å². The molecule has 0 aliphatic heterocycles. The lowest BCUT2D eigenvalue weighted by molar-refractivity contribution is 0.399. The first kappa shape index (κ1) is 14.9. The fourth-order valence-electron chi connectivity index (χ4n) is 2.07. The number of nitrogens with one attached hydrogen (secondary N) is 1. The van der Waals surface area contributed by atoms with Gasteiger partial charge in [-0.25, -0.2) is 0 Å². The van der Waals surface area contributed by atoms with Gasteiger partial charge in [-0.15, -0.1) is 11.8 Å². The van der Waals surface area contributed by atoms with Crippen LogP contribution in [-0.4, -0.2) is 22.6 Å². The van der Waals surface area contributed by atoms with Gasteiger partial charge in [0.25, 0.3) is 0 Å². The van der Waals surface area contributed by atoms with Gasteiger partial charge in [0.15, 0.2) is 5.75 Å². The summed E-state index contributed by atoms with van der Waals surface area (Å²) in [4.78, 5) is 1.23. The summed E-state index contributed by atoms with van der Waals surface area (Å²) in [5, 5.41) is 4.21. The zero-order chi connectivity index (χ0) is 14.5. The summed E-state index contributed by atoms with van der Waals surface area (Å²) in [5.41, 5.74) is 5.05. The second-order valence-electron chi connectivity index (χ2n) is 4.57. The Labute approximate surface area is 123 Å². The number of hydrogen-bond donors (Lipinski definition) is 2. The van der Waals surface area contributed by atoms with E-state index >= 15 is 0 Å². The van der Waals surface area contributed by atoms with Crippen molar-refractivity contribution in [3.05, 3.63) is 41.7 Å². The summed E-state index contributed by atoms with van der Waals surface area (Å²) < 4.78 is 7.12. The molecule has 0 spiro atoms. The highest BCUT2D eigenvalue weighted by Gasteiger charge is 2.19. The molecule has 20 heavy (non-hydrogen) atoms. The van der Waals surface area contributed by atoms with Gasteiger partial charge >= 0.3 is 0 Å². The first-order chi connectivity index (χ1) is 9.65. The van der Waals surface area contributed by atoms with E-state index in [0.717, 1.165) is 17.2 Å². The third kappa shape index (κ3) is 3.33. The first-order valence-electron chi connectivity index (χ1n) is 6.37. The van der Waals surface area contributed by atoms with Crippen molar-refractivity contribution in [1.82, 2.24) is 15.2 Å². The predicted molar refractivity (Wildman–Crippen MR) is 81.7 cm³/mol. The van der Waals surface area contributed by atoms with E-state index in [1.54, 1.807) is 29.8 Å². The average molecular weight is 292 g/mol. The molecule has 5 nitrogen and oxygen atoms in total. The monoisotopic (exact) mass is 292 g/mol. The van der Waals surface area contributed by atoms with Gasteiger partial charge in [-0.1, -0.05) is 17.7 Å². The van der Waals surface area contributed by atoms with Crippen LogP contribution < -0.4 is 16.0 Å². The van der Waals surface area contributed by atoms with E-state index in [1.165, 1.54) is 10.5 Å². The van der Waals surface area contributed by atoms with Crippen molar-refractivity contribution in [1.29, 1.82) is 0 Å². The third-order valence-electron chi connectivity index (χ3n) is 3.11. The van der Waals surface area contributed by atoms with Crippen LogP contribution >= 0.6 is 11.8 Å². The number of aryl methyl sites for hydroxylation is 2. The highest BCUT2D eigenvalue weighted by atomic mass is 32.2. The van der Waals surface area contributed by atoms with Gasteiger partial charge < -0.3 is 4.74 Å². The van der Waals surface area contributed by atoms with Crippen molar-refractivity contribution < 1.29 is 4.74 Å². The van der Waals surface area contributed by atoms with Crippen molar-refractivity contribution in [2.45, 2.75) is 17.9 Å². The minimum atomic E-state index is -0.0250. The minimum Gasteiger partial charge on any atom is -0.493 e. The van der Waals surface area contributed by atoms with Gasteiger partial charge in [0, 0.05) is 17.7 Å². The molecule has 1 aromatic heterocycles. The summed E-state index contributed by atoms with van der Waals surface area (Å²) >= 11 is 1.75. The normalized spacial score (nSPS) is 12.4. The topological polar surface area (TPSA) is 65.1 Å². The van der Waals surface area contributed by atoms with Crippen LogP contribution in [0.1, 0.15) is 17.3 Å². The van der Waals surface area contributed by atoms with E-state index in [0.29, 0.717) is 0 Å².